The maximum Gasteiger partial charge on any atom is 0.340 e. The van der Waals surface area contributed by atoms with E-state index in [1.807, 2.05) is 36.4 Å². The Morgan fingerprint density at radius 2 is 1.85 bits per heavy atom. The molecule has 1 heterocycles. The fourth-order valence-corrected chi connectivity index (χ4v) is 2.65. The summed E-state index contributed by atoms with van der Waals surface area (Å²) in [5, 5.41) is 4.90. The smallest absolute Gasteiger partial charge is 0.340 e. The zero-order valence-corrected chi connectivity index (χ0v) is 15.2. The molecule has 0 unspecified atom stereocenters. The van der Waals surface area contributed by atoms with Crippen molar-refractivity contribution in [3.63, 3.8) is 0 Å². The van der Waals surface area contributed by atoms with Crippen LogP contribution in [0.1, 0.15) is 17.3 Å². The lowest BCUT2D eigenvalue weighted by atomic mass is 10.1. The number of halogens is 2. The zero-order valence-electron chi connectivity index (χ0n) is 13.7. The van der Waals surface area contributed by atoms with E-state index >= 15 is 0 Å². The summed E-state index contributed by atoms with van der Waals surface area (Å²) in [6, 6.07) is 14.6. The highest BCUT2D eigenvalue weighted by molar-refractivity contribution is 6.41. The third kappa shape index (κ3) is 3.95. The van der Waals surface area contributed by atoms with Crippen LogP contribution in [0.2, 0.25) is 10.2 Å². The first kappa shape index (κ1) is 18.2. The molecule has 26 heavy (non-hydrogen) atoms. The predicted molar refractivity (Wildman–Crippen MR) is 102 cm³/mol. The molecular formula is C19H14Cl2N2O3. The molecule has 0 saturated carbocycles. The molecule has 0 bridgehead atoms. The molecule has 5 nitrogen and oxygen atoms in total. The van der Waals surface area contributed by atoms with Crippen molar-refractivity contribution < 1.29 is 14.3 Å². The number of carbonyl (C=O) groups is 2. The third-order valence-electron chi connectivity index (χ3n) is 3.73. The van der Waals surface area contributed by atoms with Crippen molar-refractivity contribution in [2.75, 3.05) is 5.32 Å². The number of benzene rings is 2. The molecule has 1 atom stereocenters. The van der Waals surface area contributed by atoms with Crippen molar-refractivity contribution in [1.29, 1.82) is 0 Å². The summed E-state index contributed by atoms with van der Waals surface area (Å²) in [6.45, 7) is 1.49. The molecule has 0 aliphatic rings. The molecule has 1 aromatic heterocycles. The van der Waals surface area contributed by atoms with E-state index in [2.05, 4.69) is 10.3 Å². The maximum atomic E-state index is 12.4. The molecule has 0 saturated heterocycles. The minimum absolute atomic E-state index is 0.0879. The second-order valence-electron chi connectivity index (χ2n) is 5.56. The van der Waals surface area contributed by atoms with E-state index in [-0.39, 0.29) is 15.7 Å². The van der Waals surface area contributed by atoms with Crippen molar-refractivity contribution in [3.8, 4) is 0 Å². The van der Waals surface area contributed by atoms with Crippen molar-refractivity contribution >= 4 is 51.5 Å². The summed E-state index contributed by atoms with van der Waals surface area (Å²) < 4.78 is 5.18. The Hall–Kier alpha value is -2.63. The summed E-state index contributed by atoms with van der Waals surface area (Å²) in [5.74, 6) is -1.15. The van der Waals surface area contributed by atoms with Gasteiger partial charge < -0.3 is 10.1 Å². The van der Waals surface area contributed by atoms with Crippen LogP contribution in [0.4, 0.5) is 5.69 Å². The molecule has 3 rings (SSSR count). The first-order valence-corrected chi connectivity index (χ1v) is 8.52. The zero-order chi connectivity index (χ0) is 18.7. The molecule has 1 N–H and O–H groups in total. The lowest BCUT2D eigenvalue weighted by Crippen LogP contribution is -2.30. The molecule has 132 valence electrons. The Kier molecular flexibility index (Phi) is 5.40. The molecule has 0 spiro atoms. The SMILES string of the molecule is C[C@H](OC(=O)c1cnc(Cl)c(Cl)c1)C(=O)Nc1cccc2ccccc12. The number of carbonyl (C=O) groups excluding carboxylic acids is 2. The Balaban J connectivity index is 1.71. The number of hydrogen-bond donors (Lipinski definition) is 1. The van der Waals surface area contributed by atoms with Gasteiger partial charge in [-0.15, -0.1) is 0 Å². The number of nitrogens with one attached hydrogen (secondary N) is 1. The average Bonchev–Trinajstić information content (AvgIpc) is 2.64. The van der Waals surface area contributed by atoms with Crippen molar-refractivity contribution in [2.45, 2.75) is 13.0 Å². The maximum absolute atomic E-state index is 12.4. The standard InChI is InChI=1S/C19H14Cl2N2O3/c1-11(26-19(25)13-9-15(20)17(21)22-10-13)18(24)23-16-8-4-6-12-5-2-3-7-14(12)16/h2-11H,1H3,(H,23,24)/t11-/m0/s1. The van der Waals surface area contributed by atoms with Gasteiger partial charge in [0.25, 0.3) is 5.91 Å². The van der Waals surface area contributed by atoms with Crippen LogP contribution in [-0.2, 0) is 9.53 Å². The Labute approximate surface area is 159 Å². The summed E-state index contributed by atoms with van der Waals surface area (Å²) in [7, 11) is 0. The van der Waals surface area contributed by atoms with Gasteiger partial charge in [-0.1, -0.05) is 59.6 Å². The van der Waals surface area contributed by atoms with Gasteiger partial charge in [0.1, 0.15) is 5.15 Å². The number of pyridine rings is 1. The minimum Gasteiger partial charge on any atom is -0.449 e. The topological polar surface area (TPSA) is 68.3 Å². The van der Waals surface area contributed by atoms with Gasteiger partial charge in [-0.25, -0.2) is 9.78 Å². The van der Waals surface area contributed by atoms with Gasteiger partial charge in [0.2, 0.25) is 0 Å². The first-order chi connectivity index (χ1) is 12.5. The van der Waals surface area contributed by atoms with E-state index in [9.17, 15) is 9.59 Å². The molecule has 3 aromatic rings. The molecule has 2 aromatic carbocycles. The first-order valence-electron chi connectivity index (χ1n) is 7.76. The number of fused-ring (bicyclic) bond motifs is 1. The van der Waals surface area contributed by atoms with E-state index in [0.717, 1.165) is 10.8 Å². The van der Waals surface area contributed by atoms with Crippen molar-refractivity contribution in [1.82, 2.24) is 4.98 Å². The van der Waals surface area contributed by atoms with Gasteiger partial charge in [0.05, 0.1) is 10.6 Å². The Morgan fingerprint density at radius 3 is 2.62 bits per heavy atom. The number of rotatable bonds is 4. The minimum atomic E-state index is -1.00. The van der Waals surface area contributed by atoms with Crippen LogP contribution < -0.4 is 5.32 Å². The normalized spacial score (nSPS) is 11.8. The van der Waals surface area contributed by atoms with Gasteiger partial charge in [-0.3, -0.25) is 4.79 Å². The fourth-order valence-electron chi connectivity index (χ4n) is 2.38. The molecule has 0 fully saturated rings. The van der Waals surface area contributed by atoms with E-state index in [1.54, 1.807) is 6.07 Å². The third-order valence-corrected chi connectivity index (χ3v) is 4.42. The van der Waals surface area contributed by atoms with Crippen LogP contribution in [-0.4, -0.2) is 23.0 Å². The summed E-state index contributed by atoms with van der Waals surface area (Å²) in [4.78, 5) is 28.3. The lowest BCUT2D eigenvalue weighted by molar-refractivity contribution is -0.123. The van der Waals surface area contributed by atoms with Gasteiger partial charge in [-0.05, 0) is 24.4 Å². The molecule has 0 radical (unpaired) electrons. The van der Waals surface area contributed by atoms with Crippen LogP contribution in [0, 0.1) is 0 Å². The van der Waals surface area contributed by atoms with Crippen LogP contribution >= 0.6 is 23.2 Å². The highest BCUT2D eigenvalue weighted by atomic mass is 35.5. The molecule has 0 aliphatic carbocycles. The summed E-state index contributed by atoms with van der Waals surface area (Å²) >= 11 is 11.6. The van der Waals surface area contributed by atoms with Crippen LogP contribution in [0.3, 0.4) is 0 Å². The van der Waals surface area contributed by atoms with E-state index in [1.165, 1.54) is 19.2 Å². The van der Waals surface area contributed by atoms with Gasteiger partial charge in [0, 0.05) is 17.3 Å². The second kappa shape index (κ2) is 7.72. The highest BCUT2D eigenvalue weighted by Crippen LogP contribution is 2.23. The Morgan fingerprint density at radius 1 is 1.12 bits per heavy atom. The Bertz CT molecular complexity index is 986. The summed E-state index contributed by atoms with van der Waals surface area (Å²) in [6.07, 6.45) is 0.238. The van der Waals surface area contributed by atoms with E-state index in [4.69, 9.17) is 27.9 Å². The quantitative estimate of drug-likeness (QED) is 0.518. The van der Waals surface area contributed by atoms with E-state index < -0.39 is 18.0 Å². The molecular weight excluding hydrogens is 375 g/mol. The lowest BCUT2D eigenvalue weighted by Gasteiger charge is -2.15. The highest BCUT2D eigenvalue weighted by Gasteiger charge is 2.20. The predicted octanol–water partition coefficient (Wildman–Crippen LogP) is 4.73. The number of anilines is 1. The number of aromatic nitrogens is 1. The molecule has 7 heteroatoms. The summed E-state index contributed by atoms with van der Waals surface area (Å²) in [5.41, 5.74) is 0.761. The number of esters is 1. The van der Waals surface area contributed by atoms with E-state index in [0.29, 0.717) is 5.69 Å². The van der Waals surface area contributed by atoms with Crippen molar-refractivity contribution in [3.05, 3.63) is 70.5 Å². The monoisotopic (exact) mass is 388 g/mol. The van der Waals surface area contributed by atoms with Crippen LogP contribution in [0.15, 0.2) is 54.7 Å². The number of ether oxygens (including phenoxy) is 1. The van der Waals surface area contributed by atoms with Crippen molar-refractivity contribution in [2.24, 2.45) is 0 Å². The molecule has 0 aliphatic heterocycles. The number of hydrogen-bond acceptors (Lipinski definition) is 4. The largest absolute Gasteiger partial charge is 0.449 e. The van der Waals surface area contributed by atoms with Crippen LogP contribution in [0.25, 0.3) is 10.8 Å². The van der Waals surface area contributed by atoms with Gasteiger partial charge in [0.15, 0.2) is 6.10 Å². The molecule has 1 amide bonds. The van der Waals surface area contributed by atoms with Gasteiger partial charge in [-0.2, -0.15) is 0 Å². The van der Waals surface area contributed by atoms with Gasteiger partial charge >= 0.3 is 5.97 Å². The fraction of sp³-hybridized carbons (Fsp3) is 0.105. The van der Waals surface area contributed by atoms with Crippen LogP contribution in [0.5, 0.6) is 0 Å². The average molecular weight is 389 g/mol. The number of amides is 1. The second-order valence-corrected chi connectivity index (χ2v) is 6.33. The number of nitrogens with zero attached hydrogens (tertiary/aromatic N) is 1.